The van der Waals surface area contributed by atoms with Crippen molar-refractivity contribution in [2.45, 2.75) is 12.8 Å². The molecule has 0 amide bonds. The second-order valence-corrected chi connectivity index (χ2v) is 3.32. The van der Waals surface area contributed by atoms with E-state index in [1.165, 1.54) is 17.7 Å². The summed E-state index contributed by atoms with van der Waals surface area (Å²) in [5.74, 6) is -0.208. The van der Waals surface area contributed by atoms with Crippen molar-refractivity contribution in [3.63, 3.8) is 0 Å². The van der Waals surface area contributed by atoms with Crippen LogP contribution in [0.3, 0.4) is 0 Å². The maximum absolute atomic E-state index is 12.6. The summed E-state index contributed by atoms with van der Waals surface area (Å²) in [6.07, 6.45) is 1.67. The van der Waals surface area contributed by atoms with Gasteiger partial charge in [0.05, 0.1) is 0 Å². The average molecular weight is 214 g/mol. The third-order valence-electron chi connectivity index (χ3n) is 2.06. The minimum absolute atomic E-state index is 0.208. The van der Waals surface area contributed by atoms with Crippen LogP contribution in [0.15, 0.2) is 35.4 Å². The fourth-order valence-electron chi connectivity index (χ4n) is 1.16. The fourth-order valence-corrected chi connectivity index (χ4v) is 1.36. The van der Waals surface area contributed by atoms with E-state index in [1.807, 2.05) is 0 Å². The highest BCUT2D eigenvalue weighted by atomic mass is 35.5. The zero-order chi connectivity index (χ0) is 10.4. The monoisotopic (exact) mass is 213 g/mol. The van der Waals surface area contributed by atoms with Crippen molar-refractivity contribution in [1.82, 2.24) is 0 Å². The summed E-state index contributed by atoms with van der Waals surface area (Å²) in [6.45, 7) is 0.477. The summed E-state index contributed by atoms with van der Waals surface area (Å²) in [5, 5.41) is 0. The molecule has 0 radical (unpaired) electrons. The molecule has 1 nitrogen and oxygen atoms in total. The molecule has 0 aromatic heterocycles. The van der Waals surface area contributed by atoms with Crippen LogP contribution in [0, 0.1) is 5.82 Å². The molecule has 0 saturated carbocycles. The average Bonchev–Trinajstić information content (AvgIpc) is 2.22. The number of nitrogens with two attached hydrogens (primary N) is 1. The molecule has 0 bridgehead atoms. The highest BCUT2D eigenvalue weighted by molar-refractivity contribution is 6.25. The van der Waals surface area contributed by atoms with Gasteiger partial charge in [0.25, 0.3) is 0 Å². The van der Waals surface area contributed by atoms with Crippen LogP contribution >= 0.6 is 11.6 Å². The van der Waals surface area contributed by atoms with Crippen LogP contribution in [0.1, 0.15) is 12.0 Å². The molecule has 14 heavy (non-hydrogen) atoms. The summed E-state index contributed by atoms with van der Waals surface area (Å²) in [6, 6.07) is 6.47. The molecule has 0 saturated heterocycles. The Balaban J connectivity index is 2.49. The van der Waals surface area contributed by atoms with E-state index in [2.05, 4.69) is 0 Å². The van der Waals surface area contributed by atoms with Crippen LogP contribution < -0.4 is 5.73 Å². The summed E-state index contributed by atoms with van der Waals surface area (Å²) in [5.41, 5.74) is 9.08. The minimum Gasteiger partial charge on any atom is -0.327 e. The number of benzene rings is 1. The standard InChI is InChI=1S/C11H13ClFN/c12-7-10(8-14)2-1-9-3-5-11(13)6-4-9/h3-7H,1-2,8,14H2/b10-7-. The maximum Gasteiger partial charge on any atom is 0.123 e. The third-order valence-corrected chi connectivity index (χ3v) is 2.37. The van der Waals surface area contributed by atoms with Gasteiger partial charge in [-0.25, -0.2) is 4.39 Å². The Hall–Kier alpha value is -0.860. The van der Waals surface area contributed by atoms with Gasteiger partial charge < -0.3 is 5.73 Å². The van der Waals surface area contributed by atoms with Gasteiger partial charge in [-0.1, -0.05) is 23.7 Å². The lowest BCUT2D eigenvalue weighted by atomic mass is 10.1. The molecule has 0 atom stereocenters. The van der Waals surface area contributed by atoms with E-state index in [1.54, 1.807) is 12.1 Å². The zero-order valence-corrected chi connectivity index (χ0v) is 8.60. The smallest absolute Gasteiger partial charge is 0.123 e. The molecule has 0 spiro atoms. The van der Waals surface area contributed by atoms with Crippen molar-refractivity contribution < 1.29 is 4.39 Å². The molecule has 1 aromatic rings. The molecule has 0 unspecified atom stereocenters. The van der Waals surface area contributed by atoms with E-state index < -0.39 is 0 Å². The lowest BCUT2D eigenvalue weighted by Gasteiger charge is -2.03. The van der Waals surface area contributed by atoms with Gasteiger partial charge in [-0.2, -0.15) is 0 Å². The van der Waals surface area contributed by atoms with Gasteiger partial charge in [-0.15, -0.1) is 0 Å². The van der Waals surface area contributed by atoms with Crippen molar-refractivity contribution in [3.05, 3.63) is 46.8 Å². The van der Waals surface area contributed by atoms with Gasteiger partial charge in [0.15, 0.2) is 0 Å². The normalized spacial score (nSPS) is 11.8. The van der Waals surface area contributed by atoms with E-state index in [4.69, 9.17) is 17.3 Å². The Morgan fingerprint density at radius 1 is 1.36 bits per heavy atom. The predicted molar refractivity (Wildman–Crippen MR) is 57.7 cm³/mol. The van der Waals surface area contributed by atoms with Crippen LogP contribution in [-0.2, 0) is 6.42 Å². The Morgan fingerprint density at radius 3 is 2.50 bits per heavy atom. The van der Waals surface area contributed by atoms with E-state index in [-0.39, 0.29) is 5.82 Å². The Morgan fingerprint density at radius 2 is 2.00 bits per heavy atom. The molecule has 0 aliphatic rings. The summed E-state index contributed by atoms with van der Waals surface area (Å²) in [7, 11) is 0. The molecule has 2 N–H and O–H groups in total. The third kappa shape index (κ3) is 3.48. The van der Waals surface area contributed by atoms with E-state index in [9.17, 15) is 4.39 Å². The first-order valence-corrected chi connectivity index (χ1v) is 4.92. The van der Waals surface area contributed by atoms with Gasteiger partial charge in [0.1, 0.15) is 5.82 Å². The molecule has 0 aliphatic heterocycles. The molecular formula is C11H13ClFN. The van der Waals surface area contributed by atoms with Crippen LogP contribution in [0.4, 0.5) is 4.39 Å². The molecule has 3 heteroatoms. The Kier molecular flexibility index (Phi) is 4.63. The molecule has 1 rings (SSSR count). The highest BCUT2D eigenvalue weighted by Crippen LogP contribution is 2.10. The number of hydrogen-bond donors (Lipinski definition) is 1. The topological polar surface area (TPSA) is 26.0 Å². The molecular weight excluding hydrogens is 201 g/mol. The first kappa shape index (κ1) is 11.2. The minimum atomic E-state index is -0.208. The number of rotatable bonds is 4. The molecule has 0 heterocycles. The number of hydrogen-bond acceptors (Lipinski definition) is 1. The summed E-state index contributed by atoms with van der Waals surface area (Å²) >= 11 is 5.56. The lowest BCUT2D eigenvalue weighted by Crippen LogP contribution is -2.03. The Bertz CT molecular complexity index is 306. The van der Waals surface area contributed by atoms with Gasteiger partial charge in [-0.3, -0.25) is 0 Å². The maximum atomic E-state index is 12.6. The largest absolute Gasteiger partial charge is 0.327 e. The Labute approximate surface area is 88.4 Å². The van der Waals surface area contributed by atoms with Crippen molar-refractivity contribution in [2.24, 2.45) is 5.73 Å². The second kappa shape index (κ2) is 5.78. The van der Waals surface area contributed by atoms with Crippen molar-refractivity contribution in [1.29, 1.82) is 0 Å². The molecule has 76 valence electrons. The van der Waals surface area contributed by atoms with Crippen LogP contribution in [-0.4, -0.2) is 6.54 Å². The van der Waals surface area contributed by atoms with E-state index >= 15 is 0 Å². The zero-order valence-electron chi connectivity index (χ0n) is 7.84. The van der Waals surface area contributed by atoms with Gasteiger partial charge in [-0.05, 0) is 36.1 Å². The predicted octanol–water partition coefficient (Wildman–Crippen LogP) is 2.84. The van der Waals surface area contributed by atoms with Crippen LogP contribution in [0.5, 0.6) is 0 Å². The summed E-state index contributed by atoms with van der Waals surface area (Å²) in [4.78, 5) is 0. The molecule has 1 aromatic carbocycles. The van der Waals surface area contributed by atoms with Gasteiger partial charge in [0.2, 0.25) is 0 Å². The van der Waals surface area contributed by atoms with Crippen molar-refractivity contribution in [3.8, 4) is 0 Å². The quantitative estimate of drug-likeness (QED) is 0.818. The lowest BCUT2D eigenvalue weighted by molar-refractivity contribution is 0.627. The van der Waals surface area contributed by atoms with E-state index in [0.29, 0.717) is 6.54 Å². The summed E-state index contributed by atoms with van der Waals surface area (Å²) < 4.78 is 12.6. The SMILES string of the molecule is NC/C(=C\Cl)CCc1ccc(F)cc1. The first-order chi connectivity index (χ1) is 6.76. The second-order valence-electron chi connectivity index (χ2n) is 3.10. The van der Waals surface area contributed by atoms with Gasteiger partial charge >= 0.3 is 0 Å². The molecule has 0 aliphatic carbocycles. The van der Waals surface area contributed by atoms with Crippen LogP contribution in [0.25, 0.3) is 0 Å². The highest BCUT2D eigenvalue weighted by Gasteiger charge is 1.97. The van der Waals surface area contributed by atoms with E-state index in [0.717, 1.165) is 24.0 Å². The van der Waals surface area contributed by atoms with Gasteiger partial charge in [0, 0.05) is 12.1 Å². The first-order valence-electron chi connectivity index (χ1n) is 4.49. The molecule has 0 fully saturated rings. The number of aryl methyl sites for hydroxylation is 1. The van der Waals surface area contributed by atoms with Crippen LogP contribution in [0.2, 0.25) is 0 Å². The number of halogens is 2. The van der Waals surface area contributed by atoms with Crippen molar-refractivity contribution in [2.75, 3.05) is 6.54 Å². The fraction of sp³-hybridized carbons (Fsp3) is 0.273. The van der Waals surface area contributed by atoms with Crippen molar-refractivity contribution >= 4 is 11.6 Å².